The second-order valence-corrected chi connectivity index (χ2v) is 8.82. The topological polar surface area (TPSA) is 113 Å². The number of rotatable bonds is 11. The molecule has 1 N–H and O–H groups in total. The largest absolute Gasteiger partial charge is 0.490 e. The fraction of sp³-hybridized carbons (Fsp3) is 0.400. The zero-order valence-electron chi connectivity index (χ0n) is 18.7. The predicted octanol–water partition coefficient (Wildman–Crippen LogP) is -0.334. The minimum Gasteiger partial charge on any atom is -0.490 e. The van der Waals surface area contributed by atoms with Crippen molar-refractivity contribution in [3.05, 3.63) is 29.5 Å². The van der Waals surface area contributed by atoms with Gasteiger partial charge in [0, 0.05) is 17.2 Å². The Morgan fingerprint density at radius 2 is 1.80 bits per heavy atom. The van der Waals surface area contributed by atoms with E-state index in [0.717, 1.165) is 0 Å². The van der Waals surface area contributed by atoms with Gasteiger partial charge in [-0.15, -0.1) is 11.8 Å². The lowest BCUT2D eigenvalue weighted by atomic mass is 9.49. The third-order valence-corrected chi connectivity index (χ3v) is 5.79. The van der Waals surface area contributed by atoms with Gasteiger partial charge in [0.2, 0.25) is 0 Å². The molecule has 3 heterocycles. The van der Waals surface area contributed by atoms with Gasteiger partial charge in [-0.05, 0) is 17.4 Å². The molecule has 0 aromatic carbocycles. The standard InChI is InChI=1S/C20H15B6N5O3S/c21-19(22,23)31-17-13(5-27)16(14(6-28)18(30-17)35-10-11-8-32-9-11)15-2-1-12(7-29-15)33-3-4-34-20(24,25)26/h1-2,7,11H,3-4,8-10H2,(H,30,31). The molecule has 1 aliphatic heterocycles. The number of pyridine rings is 2. The van der Waals surface area contributed by atoms with Gasteiger partial charge in [0.15, 0.2) is 0 Å². The van der Waals surface area contributed by atoms with Crippen molar-refractivity contribution < 1.29 is 14.2 Å². The Bertz CT molecular complexity index is 1130. The molecule has 1 saturated heterocycles. The zero-order chi connectivity index (χ0) is 25.6. The van der Waals surface area contributed by atoms with Crippen molar-refractivity contribution in [2.24, 2.45) is 5.92 Å². The molecule has 3 rings (SSSR count). The number of hydrogen-bond donors (Lipinski definition) is 1. The molecule has 0 saturated carbocycles. The van der Waals surface area contributed by atoms with E-state index < -0.39 is 10.5 Å². The van der Waals surface area contributed by atoms with Crippen LogP contribution >= 0.6 is 11.8 Å². The van der Waals surface area contributed by atoms with Crippen LogP contribution in [-0.2, 0) is 9.47 Å². The minimum absolute atomic E-state index is 0.0170. The summed E-state index contributed by atoms with van der Waals surface area (Å²) >= 11 is 1.36. The fourth-order valence-corrected chi connectivity index (χ4v) is 4.04. The van der Waals surface area contributed by atoms with Crippen LogP contribution in [0.15, 0.2) is 23.4 Å². The van der Waals surface area contributed by atoms with Gasteiger partial charge in [-0.3, -0.25) is 4.98 Å². The highest BCUT2D eigenvalue weighted by Crippen LogP contribution is 2.37. The van der Waals surface area contributed by atoms with E-state index in [-0.39, 0.29) is 35.7 Å². The molecule has 2 aromatic heterocycles. The second-order valence-electron chi connectivity index (χ2n) is 7.82. The molecule has 35 heavy (non-hydrogen) atoms. The van der Waals surface area contributed by atoms with Crippen LogP contribution in [0.3, 0.4) is 0 Å². The van der Waals surface area contributed by atoms with Crippen LogP contribution in [0.25, 0.3) is 11.3 Å². The summed E-state index contributed by atoms with van der Waals surface area (Å²) in [6.45, 7) is 1.43. The van der Waals surface area contributed by atoms with Crippen molar-refractivity contribution in [3.8, 4) is 29.1 Å². The smallest absolute Gasteiger partial charge is 0.144 e. The van der Waals surface area contributed by atoms with E-state index in [1.165, 1.54) is 18.0 Å². The number of aromatic nitrogens is 2. The van der Waals surface area contributed by atoms with Crippen LogP contribution in [-0.4, -0.2) is 99.8 Å². The van der Waals surface area contributed by atoms with E-state index in [2.05, 4.69) is 21.4 Å². The third-order valence-electron chi connectivity index (χ3n) is 4.58. The average molecular weight is 470 g/mol. The van der Waals surface area contributed by atoms with E-state index in [1.807, 2.05) is 6.07 Å². The van der Waals surface area contributed by atoms with Gasteiger partial charge in [0.1, 0.15) is 40.9 Å². The maximum Gasteiger partial charge on any atom is 0.144 e. The van der Waals surface area contributed by atoms with E-state index in [1.54, 1.807) is 12.1 Å². The summed E-state index contributed by atoms with van der Waals surface area (Å²) < 4.78 is 15.7. The Hall–Kier alpha value is -2.46. The molecule has 0 unspecified atom stereocenters. The van der Waals surface area contributed by atoms with Crippen LogP contribution in [0.2, 0.25) is 0 Å². The quantitative estimate of drug-likeness (QED) is 0.268. The first kappa shape index (κ1) is 27.1. The summed E-state index contributed by atoms with van der Waals surface area (Å²) in [4.78, 5) is 8.81. The Kier molecular flexibility index (Phi) is 8.93. The number of nitrogens with one attached hydrogen (secondary N) is 1. The number of thioether (sulfide) groups is 1. The van der Waals surface area contributed by atoms with Gasteiger partial charge < -0.3 is 19.5 Å². The van der Waals surface area contributed by atoms with E-state index >= 15 is 0 Å². The highest BCUT2D eigenvalue weighted by atomic mass is 32.2. The Morgan fingerprint density at radius 3 is 2.31 bits per heavy atom. The third kappa shape index (κ3) is 7.76. The van der Waals surface area contributed by atoms with Gasteiger partial charge in [-0.25, -0.2) is 4.98 Å². The predicted molar refractivity (Wildman–Crippen MR) is 137 cm³/mol. The highest BCUT2D eigenvalue weighted by Gasteiger charge is 2.26. The van der Waals surface area contributed by atoms with Crippen LogP contribution in [0.5, 0.6) is 5.75 Å². The van der Waals surface area contributed by atoms with Crippen molar-refractivity contribution >= 4 is 64.7 Å². The van der Waals surface area contributed by atoms with Crippen LogP contribution in [0.1, 0.15) is 11.1 Å². The summed E-state index contributed by atoms with van der Waals surface area (Å²) in [5, 5.41) is 19.3. The first-order valence-electron chi connectivity index (χ1n) is 10.3. The maximum absolute atomic E-state index is 9.98. The summed E-state index contributed by atoms with van der Waals surface area (Å²) in [6.07, 6.45) is 1.43. The molecular weight excluding hydrogens is 455 g/mol. The lowest BCUT2D eigenvalue weighted by molar-refractivity contribution is -0.0196. The van der Waals surface area contributed by atoms with Crippen LogP contribution < -0.4 is 10.1 Å². The van der Waals surface area contributed by atoms with Crippen LogP contribution in [0, 0.1) is 28.6 Å². The van der Waals surface area contributed by atoms with Gasteiger partial charge in [-0.1, -0.05) is 5.24 Å². The van der Waals surface area contributed by atoms with Gasteiger partial charge >= 0.3 is 0 Å². The first-order chi connectivity index (χ1) is 16.5. The highest BCUT2D eigenvalue weighted by molar-refractivity contribution is 7.99. The van der Waals surface area contributed by atoms with Crippen molar-refractivity contribution in [1.29, 1.82) is 10.5 Å². The number of nitrogens with zero attached hydrogens (tertiary/aromatic N) is 4. The van der Waals surface area contributed by atoms with Gasteiger partial charge in [0.25, 0.3) is 0 Å². The van der Waals surface area contributed by atoms with Crippen molar-refractivity contribution in [2.75, 3.05) is 37.5 Å². The zero-order valence-corrected chi connectivity index (χ0v) is 19.5. The fourth-order valence-electron chi connectivity index (χ4n) is 3.00. The maximum atomic E-state index is 9.98. The Morgan fingerprint density at radius 1 is 1.09 bits per heavy atom. The molecule has 8 nitrogen and oxygen atoms in total. The summed E-state index contributed by atoms with van der Waals surface area (Å²) in [5.74, 6) is 1.45. The number of ether oxygens (including phenoxy) is 3. The van der Waals surface area contributed by atoms with Crippen molar-refractivity contribution in [2.45, 2.75) is 15.6 Å². The monoisotopic (exact) mass is 471 g/mol. The normalized spacial score (nSPS) is 13.9. The molecule has 0 spiro atoms. The van der Waals surface area contributed by atoms with Gasteiger partial charge in [0.05, 0.1) is 84.4 Å². The molecular formula is C20H15B6N5O3S. The van der Waals surface area contributed by atoms with Gasteiger partial charge in [-0.2, -0.15) is 10.5 Å². The molecule has 12 radical (unpaired) electrons. The van der Waals surface area contributed by atoms with E-state index in [4.69, 9.17) is 61.3 Å². The molecule has 162 valence electrons. The lowest BCUT2D eigenvalue weighted by Gasteiger charge is -2.27. The van der Waals surface area contributed by atoms with Crippen molar-refractivity contribution in [3.63, 3.8) is 0 Å². The molecule has 0 atom stereocenters. The molecule has 15 heteroatoms. The number of anilines is 1. The summed E-state index contributed by atoms with van der Waals surface area (Å²) in [7, 11) is 33.1. The Balaban J connectivity index is 1.94. The average Bonchev–Trinajstić information content (AvgIpc) is 2.74. The molecule has 1 fully saturated rings. The minimum atomic E-state index is -1.85. The van der Waals surface area contributed by atoms with Crippen LogP contribution in [0.4, 0.5) is 5.82 Å². The number of nitriles is 2. The van der Waals surface area contributed by atoms with E-state index in [9.17, 15) is 10.5 Å². The molecule has 1 aliphatic rings. The van der Waals surface area contributed by atoms with Crippen molar-refractivity contribution in [1.82, 2.24) is 9.97 Å². The molecule has 2 aromatic rings. The lowest BCUT2D eigenvalue weighted by Crippen LogP contribution is -2.40. The SMILES string of the molecule is [B]C([B])([B])Nc1nc(SCC2COC2)c(C#N)c(-c2ccc(OCCOC([B])([B])[B])cn2)c1C#N. The first-order valence-corrected chi connectivity index (χ1v) is 11.3. The summed E-state index contributed by atoms with van der Waals surface area (Å²) in [5.41, 5.74) is 0.804. The Labute approximate surface area is 216 Å². The number of hydrogen-bond acceptors (Lipinski definition) is 9. The molecule has 0 aliphatic carbocycles. The second kappa shape index (κ2) is 11.5. The van der Waals surface area contributed by atoms with E-state index in [0.29, 0.717) is 41.4 Å². The molecule has 0 amide bonds. The molecule has 0 bridgehead atoms. The summed E-state index contributed by atoms with van der Waals surface area (Å²) in [6, 6.07) is 7.42.